The van der Waals surface area contributed by atoms with Gasteiger partial charge in [-0.2, -0.15) is 0 Å². The highest BCUT2D eigenvalue weighted by Gasteiger charge is 2.41. The summed E-state index contributed by atoms with van der Waals surface area (Å²) in [7, 11) is 0. The molecule has 0 aromatic carbocycles. The van der Waals surface area contributed by atoms with Crippen molar-refractivity contribution in [3.8, 4) is 0 Å². The smallest absolute Gasteiger partial charge is 0.326 e. The van der Waals surface area contributed by atoms with Crippen molar-refractivity contribution in [2.75, 3.05) is 19.6 Å². The average molecular weight is 242 g/mol. The lowest BCUT2D eigenvalue weighted by molar-refractivity contribution is -0.141. The first-order valence-corrected chi connectivity index (χ1v) is 5.95. The summed E-state index contributed by atoms with van der Waals surface area (Å²) in [6.07, 6.45) is 0.365. The van der Waals surface area contributed by atoms with Gasteiger partial charge >= 0.3 is 12.0 Å². The van der Waals surface area contributed by atoms with Crippen LogP contribution in [-0.4, -0.2) is 63.8 Å². The number of rotatable bonds is 1. The molecule has 1 unspecified atom stereocenters. The van der Waals surface area contributed by atoms with E-state index in [-0.39, 0.29) is 19.0 Å². The Morgan fingerprint density at radius 2 is 2.00 bits per heavy atom. The number of aliphatic carboxylic acids is 1. The Hall–Kier alpha value is -1.30. The number of nitrogens with zero attached hydrogens (tertiary/aromatic N) is 2. The molecule has 0 radical (unpaired) electrons. The molecule has 0 aliphatic carbocycles. The highest BCUT2D eigenvalue weighted by Crippen LogP contribution is 2.23. The third-order valence-electron chi connectivity index (χ3n) is 3.50. The van der Waals surface area contributed by atoms with Crippen molar-refractivity contribution in [2.24, 2.45) is 5.92 Å². The summed E-state index contributed by atoms with van der Waals surface area (Å²) in [4.78, 5) is 26.1. The fraction of sp³-hybridized carbons (Fsp3) is 0.818. The third-order valence-corrected chi connectivity index (χ3v) is 3.50. The molecule has 2 saturated heterocycles. The van der Waals surface area contributed by atoms with Crippen LogP contribution >= 0.6 is 0 Å². The van der Waals surface area contributed by atoms with Gasteiger partial charge in [0.05, 0.1) is 6.10 Å². The van der Waals surface area contributed by atoms with E-state index in [1.54, 1.807) is 4.90 Å². The van der Waals surface area contributed by atoms with Gasteiger partial charge in [0.15, 0.2) is 0 Å². The van der Waals surface area contributed by atoms with Crippen LogP contribution in [0.1, 0.15) is 19.8 Å². The van der Waals surface area contributed by atoms with Crippen LogP contribution in [0.5, 0.6) is 0 Å². The quantitative estimate of drug-likeness (QED) is 0.676. The van der Waals surface area contributed by atoms with Crippen molar-refractivity contribution in [3.63, 3.8) is 0 Å². The second-order valence-electron chi connectivity index (χ2n) is 5.02. The number of amides is 2. The van der Waals surface area contributed by atoms with E-state index in [0.29, 0.717) is 19.0 Å². The molecule has 96 valence electrons. The number of aliphatic hydroxyl groups is 1. The van der Waals surface area contributed by atoms with Gasteiger partial charge in [0.2, 0.25) is 0 Å². The number of carboxylic acid groups (broad SMARTS) is 1. The van der Waals surface area contributed by atoms with Crippen LogP contribution in [-0.2, 0) is 4.79 Å². The predicted octanol–water partition coefficient (Wildman–Crippen LogP) is -0.0320. The summed E-state index contributed by atoms with van der Waals surface area (Å²) in [5.41, 5.74) is 0. The SMILES string of the molecule is CC1CCN(C(=O)N2C[C@@H](O)C[C@H]2C(=O)O)C1. The number of β-amino-alcohol motifs (C(OH)–C–C–N with tert-alkyl or cyclic N) is 1. The Bertz CT molecular complexity index is 333. The van der Waals surface area contributed by atoms with Crippen molar-refractivity contribution < 1.29 is 19.8 Å². The summed E-state index contributed by atoms with van der Waals surface area (Å²) >= 11 is 0. The minimum Gasteiger partial charge on any atom is -0.480 e. The van der Waals surface area contributed by atoms with Crippen LogP contribution in [0.15, 0.2) is 0 Å². The molecule has 0 aromatic rings. The van der Waals surface area contributed by atoms with Gasteiger partial charge in [-0.1, -0.05) is 6.92 Å². The van der Waals surface area contributed by atoms with E-state index < -0.39 is 18.1 Å². The number of carbonyl (C=O) groups excluding carboxylic acids is 1. The molecule has 17 heavy (non-hydrogen) atoms. The molecule has 0 saturated carbocycles. The largest absolute Gasteiger partial charge is 0.480 e. The summed E-state index contributed by atoms with van der Waals surface area (Å²) in [5.74, 6) is -0.572. The molecule has 2 heterocycles. The zero-order chi connectivity index (χ0) is 12.6. The first-order chi connectivity index (χ1) is 7.99. The van der Waals surface area contributed by atoms with Crippen LogP contribution in [0.2, 0.25) is 0 Å². The molecular formula is C11H18N2O4. The average Bonchev–Trinajstić information content (AvgIpc) is 2.83. The van der Waals surface area contributed by atoms with Crippen molar-refractivity contribution >= 4 is 12.0 Å². The Balaban J connectivity index is 2.05. The molecule has 0 bridgehead atoms. The van der Waals surface area contributed by atoms with E-state index in [4.69, 9.17) is 5.11 Å². The van der Waals surface area contributed by atoms with Crippen molar-refractivity contribution in [1.29, 1.82) is 0 Å². The second kappa shape index (κ2) is 4.52. The lowest BCUT2D eigenvalue weighted by Gasteiger charge is -2.27. The standard InChI is InChI=1S/C11H18N2O4/c1-7-2-3-12(5-7)11(17)13-6-8(14)4-9(13)10(15)16/h7-9,14H,2-6H2,1H3,(H,15,16)/t7?,8-,9-/m0/s1. The van der Waals surface area contributed by atoms with E-state index in [9.17, 15) is 14.7 Å². The number of hydrogen-bond donors (Lipinski definition) is 2. The summed E-state index contributed by atoms with van der Waals surface area (Å²) in [5, 5.41) is 18.5. The van der Waals surface area contributed by atoms with E-state index in [1.807, 2.05) is 0 Å². The van der Waals surface area contributed by atoms with Gasteiger partial charge in [0.1, 0.15) is 6.04 Å². The Morgan fingerprint density at radius 3 is 2.53 bits per heavy atom. The maximum Gasteiger partial charge on any atom is 0.326 e. The highest BCUT2D eigenvalue weighted by atomic mass is 16.4. The molecular weight excluding hydrogens is 224 g/mol. The summed E-state index contributed by atoms with van der Waals surface area (Å²) in [6, 6.07) is -1.13. The van der Waals surface area contributed by atoms with Gasteiger partial charge in [-0.3, -0.25) is 0 Å². The molecule has 2 amide bonds. The number of aliphatic hydroxyl groups excluding tert-OH is 1. The van der Waals surface area contributed by atoms with Crippen LogP contribution in [0.3, 0.4) is 0 Å². The van der Waals surface area contributed by atoms with Gasteiger partial charge in [-0.25, -0.2) is 9.59 Å². The zero-order valence-electron chi connectivity index (χ0n) is 9.87. The van der Waals surface area contributed by atoms with Crippen LogP contribution < -0.4 is 0 Å². The van der Waals surface area contributed by atoms with Crippen molar-refractivity contribution in [2.45, 2.75) is 31.9 Å². The Kier molecular flexibility index (Phi) is 3.24. The fourth-order valence-corrected chi connectivity index (χ4v) is 2.55. The second-order valence-corrected chi connectivity index (χ2v) is 5.02. The molecule has 0 spiro atoms. The zero-order valence-corrected chi connectivity index (χ0v) is 9.87. The highest BCUT2D eigenvalue weighted by molar-refractivity contribution is 5.83. The van der Waals surface area contributed by atoms with Crippen LogP contribution in [0, 0.1) is 5.92 Å². The molecule has 2 aliphatic rings. The Morgan fingerprint density at radius 1 is 1.29 bits per heavy atom. The van der Waals surface area contributed by atoms with Crippen molar-refractivity contribution in [1.82, 2.24) is 9.80 Å². The van der Waals surface area contributed by atoms with E-state index in [0.717, 1.165) is 6.42 Å². The number of urea groups is 1. The molecule has 3 atom stereocenters. The van der Waals surface area contributed by atoms with Gasteiger partial charge in [0.25, 0.3) is 0 Å². The van der Waals surface area contributed by atoms with Gasteiger partial charge in [-0.15, -0.1) is 0 Å². The molecule has 2 rings (SSSR count). The van der Waals surface area contributed by atoms with Gasteiger partial charge in [0, 0.05) is 26.1 Å². The third kappa shape index (κ3) is 2.36. The molecule has 2 aliphatic heterocycles. The topological polar surface area (TPSA) is 81.1 Å². The molecule has 6 heteroatoms. The number of carboxylic acids is 1. The van der Waals surface area contributed by atoms with Crippen LogP contribution in [0.4, 0.5) is 4.79 Å². The number of hydrogen-bond acceptors (Lipinski definition) is 3. The van der Waals surface area contributed by atoms with E-state index in [1.165, 1.54) is 4.90 Å². The van der Waals surface area contributed by atoms with Crippen LogP contribution in [0.25, 0.3) is 0 Å². The molecule has 2 fully saturated rings. The number of carbonyl (C=O) groups is 2. The van der Waals surface area contributed by atoms with E-state index >= 15 is 0 Å². The molecule has 6 nitrogen and oxygen atoms in total. The molecule has 0 aromatic heterocycles. The van der Waals surface area contributed by atoms with Gasteiger partial charge in [-0.05, 0) is 12.3 Å². The minimum atomic E-state index is -1.04. The fourth-order valence-electron chi connectivity index (χ4n) is 2.55. The minimum absolute atomic E-state index is 0.126. The lowest BCUT2D eigenvalue weighted by Crippen LogP contribution is -2.47. The van der Waals surface area contributed by atoms with Crippen molar-refractivity contribution in [3.05, 3.63) is 0 Å². The van der Waals surface area contributed by atoms with E-state index in [2.05, 4.69) is 6.92 Å². The van der Waals surface area contributed by atoms with Gasteiger partial charge < -0.3 is 20.0 Å². The predicted molar refractivity (Wildman–Crippen MR) is 59.5 cm³/mol. The maximum absolute atomic E-state index is 12.1. The molecule has 2 N–H and O–H groups in total. The lowest BCUT2D eigenvalue weighted by atomic mass is 10.2. The monoisotopic (exact) mass is 242 g/mol. The number of likely N-dealkylation sites (tertiary alicyclic amines) is 2. The normalized spacial score (nSPS) is 33.2. The summed E-state index contributed by atoms with van der Waals surface area (Å²) < 4.78 is 0. The first kappa shape index (κ1) is 12.2. The maximum atomic E-state index is 12.1. The summed E-state index contributed by atoms with van der Waals surface area (Å²) in [6.45, 7) is 3.55. The first-order valence-electron chi connectivity index (χ1n) is 5.95. The Labute approximate surface area is 99.8 Å².